The molecule has 0 spiro atoms. The zero-order valence-electron chi connectivity index (χ0n) is 8.37. The van der Waals surface area contributed by atoms with E-state index < -0.39 is 0 Å². The van der Waals surface area contributed by atoms with E-state index in [2.05, 4.69) is 0 Å². The Morgan fingerprint density at radius 1 is 1.36 bits per heavy atom. The van der Waals surface area contributed by atoms with Crippen LogP contribution in [0.2, 0.25) is 0 Å². The molecule has 0 atom stereocenters. The summed E-state index contributed by atoms with van der Waals surface area (Å²) >= 11 is 1.64. The average molecular weight is 211 g/mol. The maximum atomic E-state index is 11.4. The Hall–Kier alpha value is -0.670. The van der Waals surface area contributed by atoms with Gasteiger partial charge in [-0.05, 0) is 41.8 Å². The van der Waals surface area contributed by atoms with Gasteiger partial charge in [-0.2, -0.15) is 11.3 Å². The van der Waals surface area contributed by atoms with E-state index in [4.69, 9.17) is 5.73 Å². The summed E-state index contributed by atoms with van der Waals surface area (Å²) in [6, 6.07) is 2.02. The molecule has 1 heterocycles. The Labute approximate surface area is 89.1 Å². The van der Waals surface area contributed by atoms with Crippen molar-refractivity contribution in [3.63, 3.8) is 0 Å². The molecule has 2 nitrogen and oxygen atoms in total. The number of rotatable bonds is 7. The summed E-state index contributed by atoms with van der Waals surface area (Å²) in [4.78, 5) is 11.4. The largest absolute Gasteiger partial charge is 0.330 e. The van der Waals surface area contributed by atoms with Gasteiger partial charge in [0.05, 0.1) is 0 Å². The third-order valence-corrected chi connectivity index (χ3v) is 2.87. The van der Waals surface area contributed by atoms with E-state index in [9.17, 15) is 4.79 Å². The second kappa shape index (κ2) is 6.74. The first kappa shape index (κ1) is 11.4. The Kier molecular flexibility index (Phi) is 5.49. The minimum Gasteiger partial charge on any atom is -0.330 e. The molecule has 0 aromatic carbocycles. The zero-order chi connectivity index (χ0) is 10.2. The molecule has 78 valence electrons. The van der Waals surface area contributed by atoms with Gasteiger partial charge in [-0.3, -0.25) is 4.79 Å². The highest BCUT2D eigenvalue weighted by Crippen LogP contribution is 2.09. The maximum absolute atomic E-state index is 11.4. The Balaban J connectivity index is 2.11. The fourth-order valence-electron chi connectivity index (χ4n) is 1.35. The number of carbonyl (C=O) groups excluding carboxylic acids is 1. The summed E-state index contributed by atoms with van der Waals surface area (Å²) in [5.41, 5.74) is 6.52. The summed E-state index contributed by atoms with van der Waals surface area (Å²) in [7, 11) is 0. The lowest BCUT2D eigenvalue weighted by molar-refractivity contribution is -0.118. The predicted octanol–water partition coefficient (Wildman–Crippen LogP) is 2.38. The summed E-state index contributed by atoms with van der Waals surface area (Å²) in [6.45, 7) is 0.735. The first-order valence-corrected chi connectivity index (χ1v) is 6.00. The fraction of sp³-hybridized carbons (Fsp3) is 0.545. The highest BCUT2D eigenvalue weighted by Gasteiger charge is 2.03. The van der Waals surface area contributed by atoms with Crippen LogP contribution in [-0.2, 0) is 11.2 Å². The summed E-state index contributed by atoms with van der Waals surface area (Å²) in [5, 5.41) is 4.05. The van der Waals surface area contributed by atoms with Gasteiger partial charge in [-0.15, -0.1) is 0 Å². The Bertz CT molecular complexity index is 256. The molecule has 1 rings (SSSR count). The van der Waals surface area contributed by atoms with Gasteiger partial charge < -0.3 is 5.73 Å². The second-order valence-electron chi connectivity index (χ2n) is 3.45. The molecule has 0 radical (unpaired) electrons. The van der Waals surface area contributed by atoms with Gasteiger partial charge >= 0.3 is 0 Å². The van der Waals surface area contributed by atoms with E-state index >= 15 is 0 Å². The van der Waals surface area contributed by atoms with Gasteiger partial charge in [0.2, 0.25) is 0 Å². The van der Waals surface area contributed by atoms with E-state index in [-0.39, 0.29) is 0 Å². The van der Waals surface area contributed by atoms with Crippen molar-refractivity contribution in [3.8, 4) is 0 Å². The number of unbranched alkanes of at least 4 members (excludes halogenated alkanes) is 2. The molecule has 14 heavy (non-hydrogen) atoms. The molecule has 0 amide bonds. The highest BCUT2D eigenvalue weighted by atomic mass is 32.1. The molecule has 0 saturated heterocycles. The molecular weight excluding hydrogens is 194 g/mol. The smallest absolute Gasteiger partial charge is 0.137 e. The number of Topliss-reactive ketones (excluding diaryl/α,β-unsaturated/α-hetero) is 1. The van der Waals surface area contributed by atoms with Gasteiger partial charge in [0.25, 0.3) is 0 Å². The number of carbonyl (C=O) groups is 1. The molecule has 2 N–H and O–H groups in total. The minimum absolute atomic E-state index is 0.348. The molecule has 0 saturated carbocycles. The molecule has 0 bridgehead atoms. The molecule has 1 aromatic heterocycles. The molecule has 0 fully saturated rings. The number of thiophene rings is 1. The van der Waals surface area contributed by atoms with Crippen LogP contribution >= 0.6 is 11.3 Å². The lowest BCUT2D eigenvalue weighted by Gasteiger charge is -1.98. The van der Waals surface area contributed by atoms with Crippen molar-refractivity contribution < 1.29 is 4.79 Å². The predicted molar refractivity (Wildman–Crippen MR) is 60.6 cm³/mol. The van der Waals surface area contributed by atoms with Gasteiger partial charge in [-0.1, -0.05) is 6.42 Å². The monoisotopic (exact) mass is 211 g/mol. The van der Waals surface area contributed by atoms with E-state index in [1.54, 1.807) is 11.3 Å². The molecule has 0 aliphatic heterocycles. The normalized spacial score (nSPS) is 10.4. The Morgan fingerprint density at radius 3 is 2.86 bits per heavy atom. The van der Waals surface area contributed by atoms with Crippen molar-refractivity contribution in [3.05, 3.63) is 22.4 Å². The molecule has 0 unspecified atom stereocenters. The quantitative estimate of drug-likeness (QED) is 0.704. The van der Waals surface area contributed by atoms with E-state index in [1.807, 2.05) is 16.8 Å². The third-order valence-electron chi connectivity index (χ3n) is 2.14. The van der Waals surface area contributed by atoms with Gasteiger partial charge in [-0.25, -0.2) is 0 Å². The van der Waals surface area contributed by atoms with Crippen LogP contribution in [0.1, 0.15) is 31.2 Å². The molecule has 1 aromatic rings. The molecule has 0 aliphatic rings. The average Bonchev–Trinajstić information content (AvgIpc) is 2.65. The van der Waals surface area contributed by atoms with Crippen LogP contribution in [-0.4, -0.2) is 12.3 Å². The van der Waals surface area contributed by atoms with Crippen LogP contribution in [0.5, 0.6) is 0 Å². The van der Waals surface area contributed by atoms with Crippen molar-refractivity contribution in [2.24, 2.45) is 5.73 Å². The van der Waals surface area contributed by atoms with Gasteiger partial charge in [0, 0.05) is 12.8 Å². The van der Waals surface area contributed by atoms with Crippen LogP contribution in [0, 0.1) is 0 Å². The van der Waals surface area contributed by atoms with E-state index in [0.29, 0.717) is 18.6 Å². The Morgan fingerprint density at radius 2 is 2.21 bits per heavy atom. The van der Waals surface area contributed by atoms with Crippen LogP contribution in [0.25, 0.3) is 0 Å². The van der Waals surface area contributed by atoms with E-state index in [0.717, 1.165) is 31.4 Å². The highest BCUT2D eigenvalue weighted by molar-refractivity contribution is 7.07. The fourth-order valence-corrected chi connectivity index (χ4v) is 2.02. The maximum Gasteiger partial charge on any atom is 0.137 e. The molecular formula is C11H17NOS. The number of hydrogen-bond donors (Lipinski definition) is 1. The zero-order valence-corrected chi connectivity index (χ0v) is 9.19. The van der Waals surface area contributed by atoms with Gasteiger partial charge in [0.15, 0.2) is 0 Å². The van der Waals surface area contributed by atoms with Crippen LogP contribution in [0.15, 0.2) is 16.8 Å². The lowest BCUT2D eigenvalue weighted by Crippen LogP contribution is -2.03. The lowest BCUT2D eigenvalue weighted by atomic mass is 10.1. The van der Waals surface area contributed by atoms with Crippen molar-refractivity contribution in [1.82, 2.24) is 0 Å². The summed E-state index contributed by atoms with van der Waals surface area (Å²) in [6.07, 6.45) is 4.40. The first-order chi connectivity index (χ1) is 6.83. The second-order valence-corrected chi connectivity index (χ2v) is 4.23. The first-order valence-electron chi connectivity index (χ1n) is 5.06. The number of nitrogens with two attached hydrogens (primary N) is 1. The van der Waals surface area contributed by atoms with Crippen LogP contribution in [0.4, 0.5) is 0 Å². The topological polar surface area (TPSA) is 43.1 Å². The summed E-state index contributed by atoms with van der Waals surface area (Å²) in [5.74, 6) is 0.348. The van der Waals surface area contributed by atoms with E-state index in [1.165, 1.54) is 0 Å². The number of hydrogen-bond acceptors (Lipinski definition) is 3. The van der Waals surface area contributed by atoms with Crippen molar-refractivity contribution >= 4 is 17.1 Å². The van der Waals surface area contributed by atoms with Gasteiger partial charge in [0.1, 0.15) is 5.78 Å². The molecule has 3 heteroatoms. The van der Waals surface area contributed by atoms with Crippen LogP contribution < -0.4 is 5.73 Å². The number of ketones is 1. The summed E-state index contributed by atoms with van der Waals surface area (Å²) < 4.78 is 0. The van der Waals surface area contributed by atoms with Crippen molar-refractivity contribution in [2.75, 3.05) is 6.54 Å². The van der Waals surface area contributed by atoms with Crippen molar-refractivity contribution in [2.45, 2.75) is 32.1 Å². The SMILES string of the molecule is NCCCCCC(=O)Cc1ccsc1. The standard InChI is InChI=1S/C11H17NOS/c12-6-3-1-2-4-11(13)8-10-5-7-14-9-10/h5,7,9H,1-4,6,8,12H2. The molecule has 0 aliphatic carbocycles. The van der Waals surface area contributed by atoms with Crippen LogP contribution in [0.3, 0.4) is 0 Å². The minimum atomic E-state index is 0.348. The third kappa shape index (κ3) is 4.53. The van der Waals surface area contributed by atoms with Crippen molar-refractivity contribution in [1.29, 1.82) is 0 Å².